The average molecular weight is 401 g/mol. The Kier molecular flexibility index (Phi) is 4.95. The van der Waals surface area contributed by atoms with Crippen molar-refractivity contribution in [1.29, 1.82) is 0 Å². The summed E-state index contributed by atoms with van der Waals surface area (Å²) < 4.78 is 24.4. The van der Waals surface area contributed by atoms with Crippen LogP contribution in [0.25, 0.3) is 0 Å². The van der Waals surface area contributed by atoms with E-state index in [0.717, 1.165) is 10.6 Å². The minimum absolute atomic E-state index is 0.0983. The summed E-state index contributed by atoms with van der Waals surface area (Å²) >= 11 is 0. The molecule has 146 valence electrons. The number of nitrogens with zero attached hydrogens (tertiary/aromatic N) is 2. The van der Waals surface area contributed by atoms with E-state index in [1.165, 1.54) is 19.2 Å². The van der Waals surface area contributed by atoms with Crippen molar-refractivity contribution in [3.63, 3.8) is 0 Å². The Balaban J connectivity index is 1.91. The number of benzene rings is 2. The van der Waals surface area contributed by atoms with Crippen LogP contribution in [0.5, 0.6) is 0 Å². The average Bonchev–Trinajstić information content (AvgIpc) is 2.95. The van der Waals surface area contributed by atoms with Gasteiger partial charge in [-0.05, 0) is 55.0 Å². The highest BCUT2D eigenvalue weighted by molar-refractivity contribution is 7.92. The van der Waals surface area contributed by atoms with Crippen LogP contribution in [0.2, 0.25) is 0 Å². The molecule has 0 aromatic heterocycles. The number of carbonyl (C=O) groups is 2. The highest BCUT2D eigenvalue weighted by Crippen LogP contribution is 2.35. The van der Waals surface area contributed by atoms with E-state index in [2.05, 4.69) is 10.3 Å². The van der Waals surface area contributed by atoms with Gasteiger partial charge in [0, 0.05) is 18.4 Å². The number of fused-ring (bicyclic) bond motifs is 1. The minimum atomic E-state index is -3.36. The number of carboxylic acid groups (broad SMARTS) is 1. The molecule has 0 spiro atoms. The Morgan fingerprint density at radius 3 is 2.39 bits per heavy atom. The lowest BCUT2D eigenvalue weighted by atomic mass is 9.94. The maximum Gasteiger partial charge on any atom is 0.335 e. The predicted octanol–water partition coefficient (Wildman–Crippen LogP) is 2.61. The number of carboxylic acids is 1. The molecule has 3 rings (SSSR count). The summed E-state index contributed by atoms with van der Waals surface area (Å²) in [6.07, 6.45) is 1.12. The predicted molar refractivity (Wildman–Crippen MR) is 107 cm³/mol. The molecule has 1 amide bonds. The quantitative estimate of drug-likeness (QED) is 0.747. The maximum atomic E-state index is 12.4. The van der Waals surface area contributed by atoms with Crippen LogP contribution in [0.3, 0.4) is 0 Å². The van der Waals surface area contributed by atoms with Crippen molar-refractivity contribution in [2.75, 3.05) is 22.9 Å². The maximum absolute atomic E-state index is 12.4. The van der Waals surface area contributed by atoms with Gasteiger partial charge < -0.3 is 10.4 Å². The topological polar surface area (TPSA) is 116 Å². The van der Waals surface area contributed by atoms with Crippen LogP contribution in [-0.2, 0) is 14.8 Å². The number of hydrogen-bond donors (Lipinski definition) is 2. The van der Waals surface area contributed by atoms with Gasteiger partial charge in [-0.15, -0.1) is 0 Å². The van der Waals surface area contributed by atoms with E-state index >= 15 is 0 Å². The first-order valence-electron chi connectivity index (χ1n) is 8.35. The molecule has 1 unspecified atom stereocenters. The lowest BCUT2D eigenvalue weighted by Crippen LogP contribution is -2.24. The molecule has 28 heavy (non-hydrogen) atoms. The fourth-order valence-electron chi connectivity index (χ4n) is 3.01. The van der Waals surface area contributed by atoms with E-state index in [1.807, 2.05) is 0 Å². The molecule has 1 aliphatic rings. The number of hydrogen-bond acceptors (Lipinski definition) is 5. The van der Waals surface area contributed by atoms with E-state index in [4.69, 9.17) is 0 Å². The molecular weight excluding hydrogens is 382 g/mol. The zero-order chi connectivity index (χ0) is 20.6. The van der Waals surface area contributed by atoms with Gasteiger partial charge in [-0.25, -0.2) is 13.2 Å². The first kappa shape index (κ1) is 19.6. The van der Waals surface area contributed by atoms with E-state index in [1.54, 1.807) is 37.3 Å². The SMILES string of the molecule is CC(=Nc1ccc(N(C)S(C)(=O)=O)cc1)C1C(=O)Nc2ccc(C(=O)O)cc21. The Labute approximate surface area is 162 Å². The van der Waals surface area contributed by atoms with Gasteiger partial charge in [0.15, 0.2) is 0 Å². The van der Waals surface area contributed by atoms with Crippen LogP contribution in [0.15, 0.2) is 47.5 Å². The van der Waals surface area contributed by atoms with Gasteiger partial charge >= 0.3 is 5.97 Å². The van der Waals surface area contributed by atoms with Gasteiger partial charge in [0.25, 0.3) is 0 Å². The van der Waals surface area contributed by atoms with E-state index < -0.39 is 21.9 Å². The molecule has 0 aliphatic carbocycles. The zero-order valence-corrected chi connectivity index (χ0v) is 16.3. The van der Waals surface area contributed by atoms with E-state index in [9.17, 15) is 23.1 Å². The van der Waals surface area contributed by atoms with Crippen LogP contribution in [0.4, 0.5) is 17.1 Å². The van der Waals surface area contributed by atoms with Crippen molar-refractivity contribution in [2.45, 2.75) is 12.8 Å². The van der Waals surface area contributed by atoms with Crippen molar-refractivity contribution in [3.05, 3.63) is 53.6 Å². The third-order valence-corrected chi connectivity index (χ3v) is 5.77. The van der Waals surface area contributed by atoms with Gasteiger partial charge in [0.1, 0.15) is 5.92 Å². The molecule has 1 atom stereocenters. The summed E-state index contributed by atoms with van der Waals surface area (Å²) in [5.74, 6) is -2.03. The molecule has 9 heteroatoms. The molecule has 0 bridgehead atoms. The second kappa shape index (κ2) is 7.08. The third kappa shape index (κ3) is 3.74. The fraction of sp³-hybridized carbons (Fsp3) is 0.211. The van der Waals surface area contributed by atoms with Gasteiger partial charge in [0.05, 0.1) is 23.2 Å². The second-order valence-corrected chi connectivity index (χ2v) is 8.54. The van der Waals surface area contributed by atoms with Gasteiger partial charge in [-0.1, -0.05) is 0 Å². The number of rotatable bonds is 5. The highest BCUT2D eigenvalue weighted by Gasteiger charge is 2.33. The largest absolute Gasteiger partial charge is 0.478 e. The standard InChI is InChI=1S/C19H19N3O5S/c1-11(20-13-5-7-14(8-6-13)22(2)28(3,26)27)17-15-10-12(19(24)25)4-9-16(15)21-18(17)23/h4-10,17H,1-3H3,(H,21,23)(H,24,25). The summed E-state index contributed by atoms with van der Waals surface area (Å²) in [5.41, 5.74) is 2.79. The molecule has 1 heterocycles. The van der Waals surface area contributed by atoms with Gasteiger partial charge in [0.2, 0.25) is 15.9 Å². The molecule has 2 N–H and O–H groups in total. The third-order valence-electron chi connectivity index (χ3n) is 4.56. The zero-order valence-electron chi connectivity index (χ0n) is 15.5. The molecule has 1 aliphatic heterocycles. The fourth-order valence-corrected chi connectivity index (χ4v) is 3.51. The number of nitrogens with one attached hydrogen (secondary N) is 1. The first-order valence-corrected chi connectivity index (χ1v) is 10.2. The molecular formula is C19H19N3O5S. The molecule has 2 aromatic rings. The van der Waals surface area contributed by atoms with Gasteiger partial charge in [-0.2, -0.15) is 0 Å². The molecule has 0 saturated carbocycles. The summed E-state index contributed by atoms with van der Waals surface area (Å²) in [6.45, 7) is 1.70. The van der Waals surface area contributed by atoms with Gasteiger partial charge in [-0.3, -0.25) is 14.1 Å². The summed E-state index contributed by atoms with van der Waals surface area (Å²) in [4.78, 5) is 28.1. The van der Waals surface area contributed by atoms with Crippen LogP contribution >= 0.6 is 0 Å². The Hall–Kier alpha value is -3.20. The van der Waals surface area contributed by atoms with Crippen molar-refractivity contribution in [3.8, 4) is 0 Å². The summed E-state index contributed by atoms with van der Waals surface area (Å²) in [7, 11) is -1.90. The van der Waals surface area contributed by atoms with Crippen LogP contribution in [-0.4, -0.2) is 44.4 Å². The lowest BCUT2D eigenvalue weighted by molar-refractivity contribution is -0.115. The normalized spacial score (nSPS) is 16.5. The Bertz CT molecular complexity index is 1090. The molecule has 0 fully saturated rings. The molecule has 0 radical (unpaired) electrons. The number of anilines is 2. The van der Waals surface area contributed by atoms with Crippen molar-refractivity contribution >= 4 is 44.7 Å². The summed E-state index contributed by atoms with van der Waals surface area (Å²) in [6, 6.07) is 11.0. The second-order valence-electron chi connectivity index (χ2n) is 6.53. The monoisotopic (exact) mass is 401 g/mol. The molecule has 2 aromatic carbocycles. The van der Waals surface area contributed by atoms with Crippen LogP contribution in [0, 0.1) is 0 Å². The molecule has 0 saturated heterocycles. The minimum Gasteiger partial charge on any atom is -0.478 e. The van der Waals surface area contributed by atoms with Crippen molar-refractivity contribution in [2.24, 2.45) is 4.99 Å². The number of aliphatic imine (C=N–C) groups is 1. The lowest BCUT2D eigenvalue weighted by Gasteiger charge is -2.16. The van der Waals surface area contributed by atoms with Crippen molar-refractivity contribution in [1.82, 2.24) is 0 Å². The smallest absolute Gasteiger partial charge is 0.335 e. The van der Waals surface area contributed by atoms with Crippen molar-refractivity contribution < 1.29 is 23.1 Å². The Morgan fingerprint density at radius 2 is 1.82 bits per heavy atom. The van der Waals surface area contributed by atoms with E-state index in [0.29, 0.717) is 28.3 Å². The van der Waals surface area contributed by atoms with Crippen LogP contribution in [0.1, 0.15) is 28.8 Å². The Morgan fingerprint density at radius 1 is 1.18 bits per heavy atom. The van der Waals surface area contributed by atoms with E-state index in [-0.39, 0.29) is 11.5 Å². The number of amides is 1. The highest BCUT2D eigenvalue weighted by atomic mass is 32.2. The summed E-state index contributed by atoms with van der Waals surface area (Å²) in [5, 5.41) is 11.9. The molecule has 8 nitrogen and oxygen atoms in total. The number of sulfonamides is 1. The first-order chi connectivity index (χ1) is 13.1. The van der Waals surface area contributed by atoms with Crippen LogP contribution < -0.4 is 9.62 Å². The number of aromatic carboxylic acids is 1. The number of carbonyl (C=O) groups excluding carboxylic acids is 1.